The van der Waals surface area contributed by atoms with Crippen LogP contribution in [0.2, 0.25) is 5.02 Å². The van der Waals surface area contributed by atoms with Crippen LogP contribution in [0, 0.1) is 6.92 Å². The Kier molecular flexibility index (Phi) is 4.78. The van der Waals surface area contributed by atoms with Gasteiger partial charge in [0.05, 0.1) is 13.2 Å². The van der Waals surface area contributed by atoms with Crippen molar-refractivity contribution in [3.05, 3.63) is 41.1 Å². The molecule has 1 fully saturated rings. The summed E-state index contributed by atoms with van der Waals surface area (Å²) in [4.78, 5) is 14.1. The molecule has 2 heterocycles. The second kappa shape index (κ2) is 6.97. The molecular weight excluding hydrogens is 322 g/mol. The molecule has 0 saturated carbocycles. The number of aromatic nitrogens is 2. The van der Waals surface area contributed by atoms with Crippen molar-refractivity contribution in [1.29, 1.82) is 0 Å². The number of nitrogens with zero attached hydrogens (tertiary/aromatic N) is 3. The molecule has 23 heavy (non-hydrogen) atoms. The van der Waals surface area contributed by atoms with Crippen LogP contribution in [0.15, 0.2) is 28.7 Å². The van der Waals surface area contributed by atoms with Crippen LogP contribution in [0.25, 0.3) is 0 Å². The van der Waals surface area contributed by atoms with E-state index in [9.17, 15) is 4.79 Å². The van der Waals surface area contributed by atoms with Crippen LogP contribution in [0.3, 0.4) is 0 Å². The molecular formula is C15H16ClN3O4. The van der Waals surface area contributed by atoms with Crippen molar-refractivity contribution in [2.24, 2.45) is 0 Å². The molecule has 1 atom stereocenters. The fraction of sp³-hybridized carbons (Fsp3) is 0.400. The predicted octanol–water partition coefficient (Wildman–Crippen LogP) is 2.01. The maximum atomic E-state index is 12.5. The first-order valence-electron chi connectivity index (χ1n) is 7.19. The van der Waals surface area contributed by atoms with E-state index in [1.807, 2.05) is 0 Å². The van der Waals surface area contributed by atoms with Crippen LogP contribution in [-0.4, -0.2) is 47.4 Å². The number of carbonyl (C=O) groups is 1. The Morgan fingerprint density at radius 2 is 2.35 bits per heavy atom. The second-order valence-electron chi connectivity index (χ2n) is 5.08. The fourth-order valence-corrected chi connectivity index (χ4v) is 2.52. The Balaban J connectivity index is 1.66. The molecule has 0 spiro atoms. The van der Waals surface area contributed by atoms with E-state index in [1.54, 1.807) is 36.1 Å². The number of hydrogen-bond donors (Lipinski definition) is 0. The summed E-state index contributed by atoms with van der Waals surface area (Å²) in [5.41, 5.74) is 0. The van der Waals surface area contributed by atoms with Crippen LogP contribution in [0.5, 0.6) is 5.75 Å². The monoisotopic (exact) mass is 337 g/mol. The summed E-state index contributed by atoms with van der Waals surface area (Å²) >= 11 is 5.89. The average molecular weight is 338 g/mol. The number of carbonyl (C=O) groups excluding carboxylic acids is 1. The highest BCUT2D eigenvalue weighted by Gasteiger charge is 2.32. The molecule has 7 nitrogen and oxygen atoms in total. The van der Waals surface area contributed by atoms with Gasteiger partial charge < -0.3 is 18.8 Å². The molecule has 1 aromatic heterocycles. The third kappa shape index (κ3) is 3.80. The molecule has 1 saturated heterocycles. The van der Waals surface area contributed by atoms with Gasteiger partial charge in [0, 0.05) is 18.5 Å². The van der Waals surface area contributed by atoms with Gasteiger partial charge >= 0.3 is 0 Å². The SMILES string of the molecule is Cc1nnc([C@@H]2COCCN2C(=O)COc2cccc(Cl)c2)o1. The zero-order valence-electron chi connectivity index (χ0n) is 12.6. The maximum Gasteiger partial charge on any atom is 0.261 e. The van der Waals surface area contributed by atoms with Crippen molar-refractivity contribution in [3.8, 4) is 5.75 Å². The lowest BCUT2D eigenvalue weighted by molar-refractivity contribution is -0.143. The Morgan fingerprint density at radius 3 is 3.09 bits per heavy atom. The minimum absolute atomic E-state index is 0.0933. The van der Waals surface area contributed by atoms with Gasteiger partial charge in [-0.15, -0.1) is 10.2 Å². The highest BCUT2D eigenvalue weighted by atomic mass is 35.5. The molecule has 8 heteroatoms. The highest BCUT2D eigenvalue weighted by molar-refractivity contribution is 6.30. The minimum Gasteiger partial charge on any atom is -0.484 e. The molecule has 1 aliphatic heterocycles. The van der Waals surface area contributed by atoms with Crippen molar-refractivity contribution in [3.63, 3.8) is 0 Å². The maximum absolute atomic E-state index is 12.5. The Bertz CT molecular complexity index is 691. The summed E-state index contributed by atoms with van der Waals surface area (Å²) < 4.78 is 16.4. The number of halogens is 1. The Morgan fingerprint density at radius 1 is 1.48 bits per heavy atom. The van der Waals surface area contributed by atoms with Crippen LogP contribution >= 0.6 is 11.6 Å². The van der Waals surface area contributed by atoms with Gasteiger partial charge in [0.15, 0.2) is 6.61 Å². The predicted molar refractivity (Wildman–Crippen MR) is 81.3 cm³/mol. The third-order valence-corrected chi connectivity index (χ3v) is 3.67. The minimum atomic E-state index is -0.389. The van der Waals surface area contributed by atoms with Crippen molar-refractivity contribution in [2.45, 2.75) is 13.0 Å². The number of morpholine rings is 1. The van der Waals surface area contributed by atoms with E-state index < -0.39 is 0 Å². The summed E-state index contributed by atoms with van der Waals surface area (Å²) in [6, 6.07) is 6.53. The first-order chi connectivity index (χ1) is 11.1. The fourth-order valence-electron chi connectivity index (χ4n) is 2.34. The van der Waals surface area contributed by atoms with E-state index in [4.69, 9.17) is 25.5 Å². The largest absolute Gasteiger partial charge is 0.484 e. The lowest BCUT2D eigenvalue weighted by Gasteiger charge is -2.33. The molecule has 0 N–H and O–H groups in total. The zero-order chi connectivity index (χ0) is 16.2. The summed E-state index contributed by atoms with van der Waals surface area (Å²) in [6.07, 6.45) is 0. The highest BCUT2D eigenvalue weighted by Crippen LogP contribution is 2.24. The number of aryl methyl sites for hydroxylation is 1. The van der Waals surface area contributed by atoms with Gasteiger partial charge in [0.25, 0.3) is 5.91 Å². The number of benzene rings is 1. The average Bonchev–Trinajstić information content (AvgIpc) is 2.99. The molecule has 3 rings (SSSR count). The molecule has 0 unspecified atom stereocenters. The molecule has 0 bridgehead atoms. The summed E-state index contributed by atoms with van der Waals surface area (Å²) in [6.45, 7) is 2.85. The Hall–Kier alpha value is -2.12. The van der Waals surface area contributed by atoms with E-state index >= 15 is 0 Å². The van der Waals surface area contributed by atoms with Crippen molar-refractivity contribution >= 4 is 17.5 Å². The number of amides is 1. The molecule has 2 aromatic rings. The van der Waals surface area contributed by atoms with Gasteiger partial charge in [-0.2, -0.15) is 0 Å². The lowest BCUT2D eigenvalue weighted by Crippen LogP contribution is -2.45. The topological polar surface area (TPSA) is 77.7 Å². The number of rotatable bonds is 4. The second-order valence-corrected chi connectivity index (χ2v) is 5.52. The summed E-state index contributed by atoms with van der Waals surface area (Å²) in [7, 11) is 0. The molecule has 0 radical (unpaired) electrons. The van der Waals surface area contributed by atoms with E-state index in [-0.39, 0.29) is 18.6 Å². The van der Waals surface area contributed by atoms with Crippen molar-refractivity contribution < 1.29 is 18.7 Å². The molecule has 122 valence electrons. The van der Waals surface area contributed by atoms with Crippen molar-refractivity contribution in [1.82, 2.24) is 15.1 Å². The quantitative estimate of drug-likeness (QED) is 0.849. The van der Waals surface area contributed by atoms with Crippen molar-refractivity contribution in [2.75, 3.05) is 26.4 Å². The molecule has 1 amide bonds. The van der Waals surface area contributed by atoms with Gasteiger partial charge in [-0.05, 0) is 18.2 Å². The summed E-state index contributed by atoms with van der Waals surface area (Å²) in [5, 5.41) is 8.34. The number of ether oxygens (including phenoxy) is 2. The van der Waals surface area contributed by atoms with Crippen LogP contribution in [0.4, 0.5) is 0 Å². The molecule has 0 aliphatic carbocycles. The smallest absolute Gasteiger partial charge is 0.261 e. The third-order valence-electron chi connectivity index (χ3n) is 3.43. The first kappa shape index (κ1) is 15.8. The van der Waals surface area contributed by atoms with Gasteiger partial charge in [-0.1, -0.05) is 17.7 Å². The van der Waals surface area contributed by atoms with Crippen LogP contribution in [0.1, 0.15) is 17.8 Å². The van der Waals surface area contributed by atoms with E-state index in [2.05, 4.69) is 10.2 Å². The number of hydrogen-bond acceptors (Lipinski definition) is 6. The summed E-state index contributed by atoms with van der Waals surface area (Å²) in [5.74, 6) is 1.20. The zero-order valence-corrected chi connectivity index (χ0v) is 13.3. The standard InChI is InChI=1S/C15H16ClN3O4/c1-10-17-18-15(23-10)13-8-21-6-5-19(13)14(20)9-22-12-4-2-3-11(16)7-12/h2-4,7,13H,5-6,8-9H2,1H3/t13-/m0/s1. The first-order valence-corrected chi connectivity index (χ1v) is 7.57. The lowest BCUT2D eigenvalue weighted by atomic mass is 10.2. The van der Waals surface area contributed by atoms with Crippen LogP contribution in [-0.2, 0) is 9.53 Å². The Labute approximate surface area is 138 Å². The van der Waals surface area contributed by atoms with Gasteiger partial charge in [-0.3, -0.25) is 4.79 Å². The van der Waals surface area contributed by atoms with E-state index in [1.165, 1.54) is 0 Å². The van der Waals surface area contributed by atoms with E-state index in [0.29, 0.717) is 42.3 Å². The van der Waals surface area contributed by atoms with Gasteiger partial charge in [-0.25, -0.2) is 0 Å². The van der Waals surface area contributed by atoms with Crippen LogP contribution < -0.4 is 4.74 Å². The molecule has 1 aliphatic rings. The normalized spacial score (nSPS) is 18.0. The van der Waals surface area contributed by atoms with Gasteiger partial charge in [0.1, 0.15) is 11.8 Å². The van der Waals surface area contributed by atoms with E-state index in [0.717, 1.165) is 0 Å². The molecule has 1 aromatic carbocycles. The van der Waals surface area contributed by atoms with Gasteiger partial charge in [0.2, 0.25) is 11.8 Å².